The zero-order valence-electron chi connectivity index (χ0n) is 7.23. The number of carbonyl (C=O) groups is 1. The quantitative estimate of drug-likeness (QED) is 0.754. The maximum Gasteiger partial charge on any atom is 0.326 e. The molecule has 0 radical (unpaired) electrons. The van der Waals surface area contributed by atoms with Crippen LogP contribution in [0.3, 0.4) is 0 Å². The number of hydrogen-bond acceptors (Lipinski definition) is 2. The predicted molar refractivity (Wildman–Crippen MR) is 45.6 cm³/mol. The van der Waals surface area contributed by atoms with Crippen molar-refractivity contribution >= 4 is 5.97 Å². The third-order valence-corrected chi connectivity index (χ3v) is 1.79. The van der Waals surface area contributed by atoms with Gasteiger partial charge in [-0.15, -0.1) is 8.96 Å². The van der Waals surface area contributed by atoms with Crippen molar-refractivity contribution < 1.29 is 18.9 Å². The van der Waals surface area contributed by atoms with E-state index in [1.54, 1.807) is 30.3 Å². The molecule has 0 saturated carbocycles. The van der Waals surface area contributed by atoms with E-state index in [0.29, 0.717) is 5.56 Å². The summed E-state index contributed by atoms with van der Waals surface area (Å²) in [5.41, 5.74) is 0.570. The van der Waals surface area contributed by atoms with Crippen LogP contribution in [0.4, 0.5) is 8.96 Å². The van der Waals surface area contributed by atoms with Gasteiger partial charge in [-0.25, -0.2) is 0 Å². The van der Waals surface area contributed by atoms with Crippen molar-refractivity contribution in [2.24, 2.45) is 0 Å². The van der Waals surface area contributed by atoms with Gasteiger partial charge in [0.25, 0.3) is 0 Å². The molecule has 1 aromatic rings. The Morgan fingerprint density at radius 1 is 1.36 bits per heavy atom. The van der Waals surface area contributed by atoms with Gasteiger partial charge in [0.2, 0.25) is 0 Å². The standard InChI is InChI=1S/C9H9F2NO2/c10-12(11)8(9(13)14)6-7-4-2-1-3-5-7/h1-5,8H,6H2,(H,13,14). The second kappa shape index (κ2) is 4.66. The maximum absolute atomic E-state index is 12.1. The number of rotatable bonds is 4. The van der Waals surface area contributed by atoms with Gasteiger partial charge in [0.05, 0.1) is 0 Å². The monoisotopic (exact) mass is 201 g/mol. The van der Waals surface area contributed by atoms with Gasteiger partial charge in [-0.2, -0.15) is 0 Å². The van der Waals surface area contributed by atoms with E-state index in [1.807, 2.05) is 0 Å². The summed E-state index contributed by atoms with van der Waals surface area (Å²) in [6, 6.07) is 6.53. The molecule has 3 nitrogen and oxygen atoms in total. The number of aliphatic carboxylic acids is 1. The van der Waals surface area contributed by atoms with Crippen molar-refractivity contribution in [2.45, 2.75) is 12.5 Å². The molecule has 0 amide bonds. The lowest BCUT2D eigenvalue weighted by Gasteiger charge is -2.11. The average Bonchev–Trinajstić information content (AvgIpc) is 2.15. The van der Waals surface area contributed by atoms with Gasteiger partial charge in [0.15, 0.2) is 6.04 Å². The highest BCUT2D eigenvalue weighted by molar-refractivity contribution is 5.73. The molecular formula is C9H9F2NO2. The van der Waals surface area contributed by atoms with Crippen LogP contribution in [0, 0.1) is 0 Å². The Morgan fingerprint density at radius 3 is 2.36 bits per heavy atom. The molecule has 76 valence electrons. The number of benzene rings is 1. The van der Waals surface area contributed by atoms with E-state index in [0.717, 1.165) is 0 Å². The zero-order chi connectivity index (χ0) is 10.6. The number of carboxylic acids is 1. The van der Waals surface area contributed by atoms with Crippen LogP contribution < -0.4 is 0 Å². The van der Waals surface area contributed by atoms with E-state index >= 15 is 0 Å². The minimum Gasteiger partial charge on any atom is -0.480 e. The molecule has 1 unspecified atom stereocenters. The lowest BCUT2D eigenvalue weighted by atomic mass is 10.1. The van der Waals surface area contributed by atoms with Gasteiger partial charge in [-0.3, -0.25) is 4.79 Å². The minimum atomic E-state index is -1.78. The highest BCUT2D eigenvalue weighted by atomic mass is 19.4. The molecule has 1 rings (SSSR count). The molecule has 14 heavy (non-hydrogen) atoms. The second-order valence-electron chi connectivity index (χ2n) is 2.80. The van der Waals surface area contributed by atoms with Crippen molar-refractivity contribution in [3.8, 4) is 0 Å². The largest absolute Gasteiger partial charge is 0.480 e. The Bertz CT molecular complexity index is 303. The summed E-state index contributed by atoms with van der Waals surface area (Å²) < 4.78 is 24.2. The van der Waals surface area contributed by atoms with Gasteiger partial charge in [0.1, 0.15) is 0 Å². The zero-order valence-corrected chi connectivity index (χ0v) is 7.23. The molecule has 1 N–H and O–H groups in total. The first-order valence-corrected chi connectivity index (χ1v) is 3.99. The fraction of sp³-hybridized carbons (Fsp3) is 0.222. The number of carboxylic acid groups (broad SMARTS) is 1. The van der Waals surface area contributed by atoms with Crippen LogP contribution in [0.2, 0.25) is 0 Å². The lowest BCUT2D eigenvalue weighted by molar-refractivity contribution is -0.200. The molecule has 0 saturated heterocycles. The minimum absolute atomic E-state index is 0.205. The van der Waals surface area contributed by atoms with Crippen LogP contribution in [-0.4, -0.2) is 22.5 Å². The molecule has 0 spiro atoms. The van der Waals surface area contributed by atoms with E-state index in [9.17, 15) is 13.8 Å². The third-order valence-electron chi connectivity index (χ3n) is 1.79. The SMILES string of the molecule is O=C(O)C(Cc1ccccc1)N(F)F. The van der Waals surface area contributed by atoms with Gasteiger partial charge in [-0.05, 0) is 5.56 Å². The van der Waals surface area contributed by atoms with Crippen molar-refractivity contribution in [3.05, 3.63) is 35.9 Å². The summed E-state index contributed by atoms with van der Waals surface area (Å²) in [7, 11) is 0. The summed E-state index contributed by atoms with van der Waals surface area (Å²) in [4.78, 5) is 10.4. The molecule has 0 aliphatic heterocycles. The molecule has 0 aromatic heterocycles. The first-order chi connectivity index (χ1) is 6.61. The second-order valence-corrected chi connectivity index (χ2v) is 2.80. The van der Waals surface area contributed by atoms with Crippen LogP contribution in [0.15, 0.2) is 30.3 Å². The van der Waals surface area contributed by atoms with Crippen LogP contribution in [0.25, 0.3) is 0 Å². The predicted octanol–water partition coefficient (Wildman–Crippen LogP) is 1.75. The summed E-state index contributed by atoms with van der Waals surface area (Å²) in [5, 5.41) is 7.20. The van der Waals surface area contributed by atoms with Crippen LogP contribution in [-0.2, 0) is 11.2 Å². The van der Waals surface area contributed by atoms with E-state index in [1.165, 1.54) is 0 Å². The first kappa shape index (κ1) is 10.6. The van der Waals surface area contributed by atoms with Gasteiger partial charge < -0.3 is 5.11 Å². The van der Waals surface area contributed by atoms with Crippen molar-refractivity contribution in [2.75, 3.05) is 0 Å². The Balaban J connectivity index is 2.70. The Hall–Kier alpha value is -1.49. The van der Waals surface area contributed by atoms with Crippen LogP contribution in [0.5, 0.6) is 0 Å². The van der Waals surface area contributed by atoms with Crippen molar-refractivity contribution in [3.63, 3.8) is 0 Å². The molecule has 0 heterocycles. The number of halogens is 2. The van der Waals surface area contributed by atoms with Gasteiger partial charge in [-0.1, -0.05) is 30.3 Å². The summed E-state index contributed by atoms with van der Waals surface area (Å²) in [6.45, 7) is 0. The normalized spacial score (nSPS) is 12.8. The summed E-state index contributed by atoms with van der Waals surface area (Å²) in [6.07, 6.45) is -0.205. The highest BCUT2D eigenvalue weighted by Gasteiger charge is 2.26. The van der Waals surface area contributed by atoms with E-state index in [-0.39, 0.29) is 6.42 Å². The smallest absolute Gasteiger partial charge is 0.326 e. The average molecular weight is 201 g/mol. The van der Waals surface area contributed by atoms with E-state index < -0.39 is 17.4 Å². The fourth-order valence-corrected chi connectivity index (χ4v) is 1.08. The summed E-state index contributed by atoms with van der Waals surface area (Å²) in [5.74, 6) is -1.53. The molecule has 1 atom stereocenters. The van der Waals surface area contributed by atoms with Crippen LogP contribution in [0.1, 0.15) is 5.56 Å². The van der Waals surface area contributed by atoms with Gasteiger partial charge >= 0.3 is 5.97 Å². The number of nitrogens with zero attached hydrogens (tertiary/aromatic N) is 1. The first-order valence-electron chi connectivity index (χ1n) is 3.99. The molecule has 0 bridgehead atoms. The highest BCUT2D eigenvalue weighted by Crippen LogP contribution is 2.10. The lowest BCUT2D eigenvalue weighted by Crippen LogP contribution is -2.32. The molecule has 5 heteroatoms. The van der Waals surface area contributed by atoms with E-state index in [2.05, 4.69) is 0 Å². The third kappa shape index (κ3) is 2.77. The van der Waals surface area contributed by atoms with E-state index in [4.69, 9.17) is 5.11 Å². The Labute approximate surface area is 79.4 Å². The number of hydrogen-bond donors (Lipinski definition) is 1. The fourth-order valence-electron chi connectivity index (χ4n) is 1.08. The van der Waals surface area contributed by atoms with Crippen molar-refractivity contribution in [1.29, 1.82) is 0 Å². The van der Waals surface area contributed by atoms with Crippen molar-refractivity contribution in [1.82, 2.24) is 5.34 Å². The topological polar surface area (TPSA) is 40.5 Å². The van der Waals surface area contributed by atoms with Crippen LogP contribution >= 0.6 is 0 Å². The maximum atomic E-state index is 12.1. The molecule has 0 aliphatic rings. The molecule has 1 aromatic carbocycles. The van der Waals surface area contributed by atoms with Gasteiger partial charge in [0, 0.05) is 11.8 Å². The molecular weight excluding hydrogens is 192 g/mol. The Kier molecular flexibility index (Phi) is 3.53. The molecule has 0 fully saturated rings. The Morgan fingerprint density at radius 2 is 1.93 bits per heavy atom. The summed E-state index contributed by atoms with van der Waals surface area (Å²) >= 11 is 0. The molecule has 0 aliphatic carbocycles.